The summed E-state index contributed by atoms with van der Waals surface area (Å²) in [4.78, 5) is 0. The number of aryl methyl sites for hydroxylation is 1. The maximum absolute atomic E-state index is 10.3. The van der Waals surface area contributed by atoms with Crippen molar-refractivity contribution in [2.24, 2.45) is 11.3 Å². The number of phenols is 1. The normalized spacial score (nSPS) is 34.5. The largest absolute Gasteiger partial charge is 0.508 e. The number of aliphatic hydroxyl groups excluding tert-OH is 1. The molecule has 4 rings (SSSR count). The maximum atomic E-state index is 10.3. The highest BCUT2D eigenvalue weighted by atomic mass is 16.3. The van der Waals surface area contributed by atoms with Crippen LogP contribution in [-0.4, -0.2) is 16.3 Å². The van der Waals surface area contributed by atoms with E-state index in [0.717, 1.165) is 37.7 Å². The van der Waals surface area contributed by atoms with Crippen molar-refractivity contribution in [1.82, 2.24) is 0 Å². The van der Waals surface area contributed by atoms with Crippen LogP contribution in [0.3, 0.4) is 0 Å². The fraction of sp³-hybridized carbons (Fsp3) is 0.474. The van der Waals surface area contributed by atoms with Crippen LogP contribution in [0, 0.1) is 11.3 Å². The van der Waals surface area contributed by atoms with Gasteiger partial charge >= 0.3 is 0 Å². The minimum atomic E-state index is -0.340. The van der Waals surface area contributed by atoms with E-state index in [-0.39, 0.29) is 11.5 Å². The monoisotopic (exact) mass is 282 g/mol. The summed E-state index contributed by atoms with van der Waals surface area (Å²) in [6.45, 7) is 6.52. The number of hydrogen-bond donors (Lipinski definition) is 2. The van der Waals surface area contributed by atoms with Crippen molar-refractivity contribution in [3.63, 3.8) is 0 Å². The molecule has 3 atom stereocenters. The smallest absolute Gasteiger partial charge is 0.115 e. The highest BCUT2D eigenvalue weighted by molar-refractivity contribution is 5.76. The number of hydrogen-bond acceptors (Lipinski definition) is 2. The minimum Gasteiger partial charge on any atom is -0.508 e. The topological polar surface area (TPSA) is 40.5 Å². The molecule has 0 spiro atoms. The number of aromatic hydroxyl groups is 1. The van der Waals surface area contributed by atoms with Gasteiger partial charge < -0.3 is 10.2 Å². The van der Waals surface area contributed by atoms with Gasteiger partial charge in [0.05, 0.1) is 6.10 Å². The summed E-state index contributed by atoms with van der Waals surface area (Å²) in [7, 11) is 0. The third kappa shape index (κ3) is 1.75. The summed E-state index contributed by atoms with van der Waals surface area (Å²) in [5.74, 6) is 0.706. The molecular weight excluding hydrogens is 260 g/mol. The van der Waals surface area contributed by atoms with E-state index >= 15 is 0 Å². The molecule has 21 heavy (non-hydrogen) atoms. The summed E-state index contributed by atoms with van der Waals surface area (Å²) in [5.41, 5.74) is 6.74. The molecule has 0 bridgehead atoms. The highest BCUT2D eigenvalue weighted by Crippen LogP contribution is 2.59. The molecule has 3 aliphatic carbocycles. The van der Waals surface area contributed by atoms with E-state index in [1.807, 2.05) is 6.07 Å². The molecule has 0 amide bonds. The molecule has 2 N–H and O–H groups in total. The second kappa shape index (κ2) is 4.23. The zero-order valence-electron chi connectivity index (χ0n) is 12.5. The van der Waals surface area contributed by atoms with Crippen molar-refractivity contribution >= 4 is 5.57 Å². The molecule has 110 valence electrons. The number of rotatable bonds is 0. The fourth-order valence-corrected chi connectivity index (χ4v) is 4.92. The van der Waals surface area contributed by atoms with Crippen LogP contribution in [0.25, 0.3) is 5.57 Å². The molecule has 2 nitrogen and oxygen atoms in total. The predicted octanol–water partition coefficient (Wildman–Crippen LogP) is 3.83. The molecule has 0 aromatic heterocycles. The van der Waals surface area contributed by atoms with Crippen molar-refractivity contribution in [2.75, 3.05) is 0 Å². The van der Waals surface area contributed by atoms with E-state index in [9.17, 15) is 10.2 Å². The minimum absolute atomic E-state index is 0.184. The number of phenolic OH excluding ortho intramolecular Hbond substituents is 1. The van der Waals surface area contributed by atoms with Crippen LogP contribution in [0.4, 0.5) is 0 Å². The van der Waals surface area contributed by atoms with Gasteiger partial charge in [0.2, 0.25) is 0 Å². The number of allylic oxidation sites excluding steroid dienone is 2. The molecular formula is C19H22O2. The van der Waals surface area contributed by atoms with Crippen LogP contribution in [0.1, 0.15) is 43.7 Å². The Kier molecular flexibility index (Phi) is 2.65. The zero-order chi connectivity index (χ0) is 14.8. The molecule has 1 aromatic rings. The van der Waals surface area contributed by atoms with Crippen molar-refractivity contribution in [3.05, 3.63) is 47.1 Å². The average Bonchev–Trinajstić information content (AvgIpc) is 2.68. The molecule has 3 aliphatic rings. The first-order valence-electron chi connectivity index (χ1n) is 7.90. The lowest BCUT2D eigenvalue weighted by atomic mass is 9.62. The lowest BCUT2D eigenvalue weighted by Crippen LogP contribution is -2.30. The van der Waals surface area contributed by atoms with E-state index in [4.69, 9.17) is 0 Å². The maximum Gasteiger partial charge on any atom is 0.115 e. The summed E-state index contributed by atoms with van der Waals surface area (Å²) in [6, 6.07) is 5.77. The van der Waals surface area contributed by atoms with Gasteiger partial charge in [-0.1, -0.05) is 25.1 Å². The quantitative estimate of drug-likeness (QED) is 0.710. The van der Waals surface area contributed by atoms with Gasteiger partial charge in [-0.15, -0.1) is 0 Å². The van der Waals surface area contributed by atoms with Crippen molar-refractivity contribution in [2.45, 2.75) is 45.1 Å². The molecule has 0 aliphatic heterocycles. The number of benzene rings is 1. The van der Waals surface area contributed by atoms with Crippen molar-refractivity contribution in [3.8, 4) is 5.75 Å². The SMILES string of the molecule is C=C1[C@H]2C3=C(CC[C@]2(C)C[C@@H]1O)c1ccc(O)cc1CC3. The molecule has 0 heterocycles. The van der Waals surface area contributed by atoms with Crippen LogP contribution in [0.2, 0.25) is 0 Å². The summed E-state index contributed by atoms with van der Waals surface area (Å²) in [6.07, 6.45) is 4.74. The second-order valence-electron chi connectivity index (χ2n) is 7.23. The van der Waals surface area contributed by atoms with Gasteiger partial charge in [0.15, 0.2) is 0 Å². The third-order valence-corrected chi connectivity index (χ3v) is 5.92. The Morgan fingerprint density at radius 3 is 2.86 bits per heavy atom. The Hall–Kier alpha value is -1.54. The zero-order valence-corrected chi connectivity index (χ0v) is 12.5. The molecule has 0 radical (unpaired) electrons. The highest BCUT2D eigenvalue weighted by Gasteiger charge is 2.50. The van der Waals surface area contributed by atoms with Crippen molar-refractivity contribution in [1.29, 1.82) is 0 Å². The van der Waals surface area contributed by atoms with Crippen LogP contribution in [-0.2, 0) is 6.42 Å². The van der Waals surface area contributed by atoms with E-state index in [2.05, 4.69) is 19.6 Å². The standard InChI is InChI=1S/C19H22O2/c1-11-17(21)10-19(2)8-7-15-14-6-4-13(20)9-12(14)3-5-16(15)18(11)19/h4,6,9,17-18,20-21H,1,3,5,7-8,10H2,2H3/t17-,18-,19+/m0/s1. The predicted molar refractivity (Wildman–Crippen MR) is 83.9 cm³/mol. The molecule has 1 aromatic carbocycles. The van der Waals surface area contributed by atoms with E-state index in [0.29, 0.717) is 11.7 Å². The van der Waals surface area contributed by atoms with E-state index in [1.165, 1.54) is 22.3 Å². The molecule has 1 saturated carbocycles. The van der Waals surface area contributed by atoms with Gasteiger partial charge in [-0.25, -0.2) is 0 Å². The van der Waals surface area contributed by atoms with Gasteiger partial charge in [-0.05, 0) is 71.9 Å². The average molecular weight is 282 g/mol. The van der Waals surface area contributed by atoms with Crippen LogP contribution < -0.4 is 0 Å². The third-order valence-electron chi connectivity index (χ3n) is 5.92. The van der Waals surface area contributed by atoms with E-state index in [1.54, 1.807) is 6.07 Å². The van der Waals surface area contributed by atoms with Crippen molar-refractivity contribution < 1.29 is 10.2 Å². The summed E-state index contributed by atoms with van der Waals surface area (Å²) in [5, 5.41) is 19.9. The molecule has 0 saturated heterocycles. The lowest BCUT2D eigenvalue weighted by molar-refractivity contribution is 0.167. The number of aliphatic hydroxyl groups is 1. The van der Waals surface area contributed by atoms with Gasteiger partial charge in [0.1, 0.15) is 5.75 Å². The van der Waals surface area contributed by atoms with Crippen LogP contribution in [0.15, 0.2) is 35.9 Å². The lowest BCUT2D eigenvalue weighted by Gasteiger charge is -2.42. The first-order chi connectivity index (χ1) is 9.99. The van der Waals surface area contributed by atoms with Gasteiger partial charge in [-0.3, -0.25) is 0 Å². The fourth-order valence-electron chi connectivity index (χ4n) is 4.92. The Balaban J connectivity index is 1.86. The Morgan fingerprint density at radius 1 is 1.24 bits per heavy atom. The first-order valence-corrected chi connectivity index (χ1v) is 7.90. The molecule has 0 unspecified atom stereocenters. The van der Waals surface area contributed by atoms with Gasteiger partial charge in [0.25, 0.3) is 0 Å². The molecule has 1 fully saturated rings. The first kappa shape index (κ1) is 13.1. The second-order valence-corrected chi connectivity index (χ2v) is 7.23. The van der Waals surface area contributed by atoms with Gasteiger partial charge in [-0.2, -0.15) is 0 Å². The summed E-state index contributed by atoms with van der Waals surface area (Å²) < 4.78 is 0. The summed E-state index contributed by atoms with van der Waals surface area (Å²) >= 11 is 0. The Labute approximate surface area is 125 Å². The Bertz CT molecular complexity index is 670. The van der Waals surface area contributed by atoms with E-state index < -0.39 is 0 Å². The molecule has 2 heteroatoms. The van der Waals surface area contributed by atoms with Gasteiger partial charge in [0, 0.05) is 5.92 Å². The number of fused-ring (bicyclic) bond motifs is 4. The Morgan fingerprint density at radius 2 is 2.05 bits per heavy atom. The van der Waals surface area contributed by atoms with Crippen LogP contribution in [0.5, 0.6) is 5.75 Å². The van der Waals surface area contributed by atoms with Crippen LogP contribution >= 0.6 is 0 Å².